The van der Waals surface area contributed by atoms with E-state index in [2.05, 4.69) is 10.00 Å². The third-order valence-electron chi connectivity index (χ3n) is 6.10. The van der Waals surface area contributed by atoms with Crippen molar-refractivity contribution in [2.45, 2.75) is 32.0 Å². The molecule has 1 aromatic heterocycles. The molecule has 1 spiro atoms. The molecule has 2 fully saturated rings. The highest BCUT2D eigenvalue weighted by Gasteiger charge is 2.41. The molecule has 30 heavy (non-hydrogen) atoms. The van der Waals surface area contributed by atoms with Gasteiger partial charge >= 0.3 is 12.2 Å². The average molecular weight is 442 g/mol. The van der Waals surface area contributed by atoms with Crippen LogP contribution in [0.15, 0.2) is 30.6 Å². The van der Waals surface area contributed by atoms with Gasteiger partial charge < -0.3 is 10.6 Å². The zero-order chi connectivity index (χ0) is 21.5. The number of hydrogen-bond acceptors (Lipinski definition) is 4. The highest BCUT2D eigenvalue weighted by Crippen LogP contribution is 2.41. The van der Waals surface area contributed by atoms with Crippen molar-refractivity contribution < 1.29 is 18.0 Å². The van der Waals surface area contributed by atoms with Crippen LogP contribution in [0.1, 0.15) is 30.4 Å². The van der Waals surface area contributed by atoms with Gasteiger partial charge in [0, 0.05) is 31.2 Å². The number of anilines is 1. The Labute approximate surface area is 177 Å². The zero-order valence-corrected chi connectivity index (χ0v) is 17.1. The van der Waals surface area contributed by atoms with Gasteiger partial charge in [0.15, 0.2) is 0 Å². The molecular formula is C20H23ClF3N5O. The van der Waals surface area contributed by atoms with Gasteiger partial charge in [-0.05, 0) is 55.0 Å². The van der Waals surface area contributed by atoms with E-state index in [-0.39, 0.29) is 16.5 Å². The van der Waals surface area contributed by atoms with Gasteiger partial charge in [-0.25, -0.2) is 4.79 Å². The van der Waals surface area contributed by atoms with Crippen molar-refractivity contribution >= 4 is 23.3 Å². The maximum atomic E-state index is 13.1. The average Bonchev–Trinajstić information content (AvgIpc) is 3.27. The molecule has 6 nitrogen and oxygen atoms in total. The Bertz CT molecular complexity index is 937. The van der Waals surface area contributed by atoms with Crippen molar-refractivity contribution in [1.82, 2.24) is 19.6 Å². The number of nitrogens with two attached hydrogens (primary N) is 1. The lowest BCUT2D eigenvalue weighted by atomic mass is 9.78. The Morgan fingerprint density at radius 3 is 2.50 bits per heavy atom. The van der Waals surface area contributed by atoms with Crippen molar-refractivity contribution in [1.29, 1.82) is 0 Å². The smallest absolute Gasteiger partial charge is 0.396 e. The summed E-state index contributed by atoms with van der Waals surface area (Å²) in [5.74, 6) is 0. The SMILES string of the molecule is Nc1cnn(C(=O)N2CCC3(CCN(Cc4cc(Cl)cc(C(F)(F)F)c4)C3)CC2)c1. The Balaban J connectivity index is 1.36. The van der Waals surface area contributed by atoms with Crippen molar-refractivity contribution in [3.05, 3.63) is 46.7 Å². The molecule has 0 aliphatic carbocycles. The molecule has 2 saturated heterocycles. The van der Waals surface area contributed by atoms with Crippen LogP contribution in [0.25, 0.3) is 0 Å². The molecule has 2 aliphatic heterocycles. The number of piperidine rings is 1. The van der Waals surface area contributed by atoms with E-state index in [1.807, 2.05) is 0 Å². The number of benzene rings is 1. The molecule has 3 heterocycles. The van der Waals surface area contributed by atoms with Crippen LogP contribution >= 0.6 is 11.6 Å². The summed E-state index contributed by atoms with van der Waals surface area (Å²) in [6, 6.07) is 3.54. The summed E-state index contributed by atoms with van der Waals surface area (Å²) in [4.78, 5) is 16.5. The summed E-state index contributed by atoms with van der Waals surface area (Å²) in [7, 11) is 0. The summed E-state index contributed by atoms with van der Waals surface area (Å²) in [6.45, 7) is 3.30. The fraction of sp³-hybridized carbons (Fsp3) is 0.500. The number of rotatable bonds is 2. The summed E-state index contributed by atoms with van der Waals surface area (Å²) in [5, 5.41) is 4.07. The Hall–Kier alpha value is -2.26. The number of carbonyl (C=O) groups excluding carboxylic acids is 1. The molecule has 1 aromatic carbocycles. The largest absolute Gasteiger partial charge is 0.416 e. The van der Waals surface area contributed by atoms with Crippen LogP contribution in [0.5, 0.6) is 0 Å². The molecule has 2 aromatic rings. The molecule has 0 bridgehead atoms. The number of hydrogen-bond donors (Lipinski definition) is 1. The van der Waals surface area contributed by atoms with Gasteiger partial charge in [-0.2, -0.15) is 23.0 Å². The van der Waals surface area contributed by atoms with E-state index in [0.717, 1.165) is 38.4 Å². The topological polar surface area (TPSA) is 67.4 Å². The van der Waals surface area contributed by atoms with Crippen molar-refractivity contribution in [3.8, 4) is 0 Å². The first kappa shape index (κ1) is 21.0. The van der Waals surface area contributed by atoms with Crippen molar-refractivity contribution in [2.75, 3.05) is 31.9 Å². The predicted molar refractivity (Wildman–Crippen MR) is 107 cm³/mol. The highest BCUT2D eigenvalue weighted by atomic mass is 35.5. The number of alkyl halides is 3. The van der Waals surface area contributed by atoms with Crippen LogP contribution in [0.3, 0.4) is 0 Å². The minimum absolute atomic E-state index is 0.0886. The van der Waals surface area contributed by atoms with E-state index in [1.54, 1.807) is 11.0 Å². The molecule has 1 amide bonds. The van der Waals surface area contributed by atoms with E-state index in [4.69, 9.17) is 17.3 Å². The minimum atomic E-state index is -4.41. The van der Waals surface area contributed by atoms with E-state index < -0.39 is 11.7 Å². The van der Waals surface area contributed by atoms with Gasteiger partial charge in [0.1, 0.15) is 0 Å². The van der Waals surface area contributed by atoms with Crippen LogP contribution in [0.2, 0.25) is 5.02 Å². The van der Waals surface area contributed by atoms with Crippen LogP contribution in [-0.4, -0.2) is 51.8 Å². The minimum Gasteiger partial charge on any atom is -0.396 e. The number of nitrogen functional groups attached to an aromatic ring is 1. The van der Waals surface area contributed by atoms with Gasteiger partial charge in [0.05, 0.1) is 23.6 Å². The molecule has 0 atom stereocenters. The van der Waals surface area contributed by atoms with Crippen molar-refractivity contribution in [2.24, 2.45) is 5.41 Å². The monoisotopic (exact) mass is 441 g/mol. The fourth-order valence-electron chi connectivity index (χ4n) is 4.49. The van der Waals surface area contributed by atoms with E-state index >= 15 is 0 Å². The first-order valence-corrected chi connectivity index (χ1v) is 10.2. The van der Waals surface area contributed by atoms with E-state index in [9.17, 15) is 18.0 Å². The number of carbonyl (C=O) groups is 1. The summed E-state index contributed by atoms with van der Waals surface area (Å²) >= 11 is 5.91. The normalized spacial score (nSPS) is 19.5. The summed E-state index contributed by atoms with van der Waals surface area (Å²) in [6.07, 6.45) is 1.22. The van der Waals surface area contributed by atoms with Crippen LogP contribution in [-0.2, 0) is 12.7 Å². The zero-order valence-electron chi connectivity index (χ0n) is 16.3. The molecule has 0 unspecified atom stereocenters. The predicted octanol–water partition coefficient (Wildman–Crippen LogP) is 4.09. The molecule has 2 aliphatic rings. The van der Waals surface area contributed by atoms with Gasteiger partial charge in [-0.1, -0.05) is 11.6 Å². The van der Waals surface area contributed by atoms with Gasteiger partial charge in [0.25, 0.3) is 0 Å². The third kappa shape index (κ3) is 4.41. The quantitative estimate of drug-likeness (QED) is 0.762. The second-order valence-electron chi connectivity index (χ2n) is 8.29. The number of aromatic nitrogens is 2. The first-order valence-electron chi connectivity index (χ1n) is 9.82. The molecule has 0 saturated carbocycles. The van der Waals surface area contributed by atoms with Gasteiger partial charge in [0.2, 0.25) is 0 Å². The van der Waals surface area contributed by atoms with Gasteiger partial charge in [-0.15, -0.1) is 0 Å². The standard InChI is InChI=1S/C20H23ClF3N5O/c21-16-8-14(7-15(9-16)20(22,23)24)11-27-4-1-19(13-27)2-5-28(6-3-19)18(30)29-12-17(25)10-26-29/h7-10,12H,1-6,11,13,25H2. The van der Waals surface area contributed by atoms with E-state index in [1.165, 1.54) is 23.1 Å². The lowest BCUT2D eigenvalue weighted by molar-refractivity contribution is -0.137. The molecule has 2 N–H and O–H groups in total. The maximum Gasteiger partial charge on any atom is 0.416 e. The molecule has 0 radical (unpaired) electrons. The molecular weight excluding hydrogens is 419 g/mol. The maximum absolute atomic E-state index is 13.1. The Morgan fingerprint density at radius 1 is 1.17 bits per heavy atom. The van der Waals surface area contributed by atoms with Crippen LogP contribution < -0.4 is 5.73 Å². The Morgan fingerprint density at radius 2 is 1.87 bits per heavy atom. The van der Waals surface area contributed by atoms with Crippen LogP contribution in [0, 0.1) is 5.41 Å². The third-order valence-corrected chi connectivity index (χ3v) is 6.32. The molecule has 162 valence electrons. The fourth-order valence-corrected chi connectivity index (χ4v) is 4.75. The lowest BCUT2D eigenvalue weighted by Crippen LogP contribution is -2.45. The first-order chi connectivity index (χ1) is 14.1. The Kier molecular flexibility index (Phi) is 5.44. The van der Waals surface area contributed by atoms with Crippen LogP contribution in [0.4, 0.5) is 23.7 Å². The molecule has 10 heteroatoms. The number of halogens is 4. The second kappa shape index (κ2) is 7.77. The second-order valence-corrected chi connectivity index (χ2v) is 8.73. The van der Waals surface area contributed by atoms with Crippen molar-refractivity contribution in [3.63, 3.8) is 0 Å². The number of nitrogens with zero attached hydrogens (tertiary/aromatic N) is 4. The van der Waals surface area contributed by atoms with Gasteiger partial charge in [-0.3, -0.25) is 4.90 Å². The highest BCUT2D eigenvalue weighted by molar-refractivity contribution is 6.30. The lowest BCUT2D eigenvalue weighted by Gasteiger charge is -2.39. The summed E-state index contributed by atoms with van der Waals surface area (Å²) < 4.78 is 40.4. The molecule has 4 rings (SSSR count). The number of amides is 1. The number of likely N-dealkylation sites (tertiary alicyclic amines) is 2. The van der Waals surface area contributed by atoms with E-state index in [0.29, 0.717) is 30.9 Å². The summed E-state index contributed by atoms with van der Waals surface area (Å²) in [5.41, 5.74) is 6.01.